The van der Waals surface area contributed by atoms with Crippen molar-refractivity contribution >= 4 is 0 Å². The summed E-state index contributed by atoms with van der Waals surface area (Å²) in [5, 5.41) is 19.1. The maximum Gasteiger partial charge on any atom is 0.423 e. The summed E-state index contributed by atoms with van der Waals surface area (Å²) in [6.45, 7) is 1.38. The molecule has 10 heteroatoms. The zero-order valence-corrected chi connectivity index (χ0v) is 10.1. The van der Waals surface area contributed by atoms with Crippen molar-refractivity contribution in [2.75, 3.05) is 0 Å². The van der Waals surface area contributed by atoms with Gasteiger partial charge in [0.05, 0.1) is 6.10 Å². The van der Waals surface area contributed by atoms with Crippen LogP contribution in [0.5, 0.6) is 0 Å². The maximum absolute atomic E-state index is 12.6. The van der Waals surface area contributed by atoms with Crippen molar-refractivity contribution in [1.29, 1.82) is 0 Å². The number of halogens is 3. The van der Waals surface area contributed by atoms with E-state index >= 15 is 0 Å². The molecule has 1 aliphatic heterocycles. The first-order valence-corrected chi connectivity index (χ1v) is 5.57. The van der Waals surface area contributed by atoms with Gasteiger partial charge in [-0.1, -0.05) is 0 Å². The Morgan fingerprint density at radius 2 is 1.90 bits per heavy atom. The van der Waals surface area contributed by atoms with E-state index in [-0.39, 0.29) is 6.20 Å². The minimum absolute atomic E-state index is 0.264. The van der Waals surface area contributed by atoms with Gasteiger partial charge in [-0.25, -0.2) is 4.79 Å². The number of hydrogen-bond acceptors (Lipinski definition) is 5. The molecule has 1 aromatic heterocycles. The molecule has 0 spiro atoms. The van der Waals surface area contributed by atoms with Gasteiger partial charge < -0.3 is 14.9 Å². The Morgan fingerprint density at radius 1 is 1.30 bits per heavy atom. The molecule has 0 saturated carbocycles. The van der Waals surface area contributed by atoms with Crippen LogP contribution in [-0.2, 0) is 10.9 Å². The molecule has 7 nitrogen and oxygen atoms in total. The number of alkyl halides is 3. The largest absolute Gasteiger partial charge is 0.423 e. The first-order chi connectivity index (χ1) is 9.12. The van der Waals surface area contributed by atoms with Crippen LogP contribution in [0.15, 0.2) is 15.8 Å². The number of rotatable bonds is 1. The highest BCUT2D eigenvalue weighted by atomic mass is 19.4. The number of aromatic amines is 1. The Labute approximate surface area is 109 Å². The Bertz CT molecular complexity index is 623. The predicted molar refractivity (Wildman–Crippen MR) is 57.9 cm³/mol. The number of nitrogens with zero attached hydrogens (tertiary/aromatic N) is 1. The zero-order valence-electron chi connectivity index (χ0n) is 10.1. The van der Waals surface area contributed by atoms with Crippen LogP contribution in [0.2, 0.25) is 0 Å². The highest BCUT2D eigenvalue weighted by molar-refractivity contribution is 5.10. The van der Waals surface area contributed by atoms with Gasteiger partial charge in [-0.3, -0.25) is 14.3 Å². The Morgan fingerprint density at radius 3 is 2.35 bits per heavy atom. The summed E-state index contributed by atoms with van der Waals surface area (Å²) in [5.41, 5.74) is -4.35. The predicted octanol–water partition coefficient (Wildman–Crippen LogP) is -0.805. The maximum atomic E-state index is 12.6. The lowest BCUT2D eigenvalue weighted by molar-refractivity contribution is -0.139. The van der Waals surface area contributed by atoms with Crippen LogP contribution >= 0.6 is 0 Å². The number of hydrogen-bond donors (Lipinski definition) is 3. The third-order valence-electron chi connectivity index (χ3n) is 3.02. The molecule has 1 aromatic rings. The normalized spacial score (nSPS) is 30.7. The van der Waals surface area contributed by atoms with E-state index in [0.29, 0.717) is 4.57 Å². The lowest BCUT2D eigenvalue weighted by Crippen LogP contribution is -2.40. The second kappa shape index (κ2) is 4.72. The van der Waals surface area contributed by atoms with Crippen LogP contribution in [-0.4, -0.2) is 38.1 Å². The molecule has 1 aliphatic rings. The molecule has 0 aliphatic carbocycles. The highest BCUT2D eigenvalue weighted by Crippen LogP contribution is 2.30. The Kier molecular flexibility index (Phi) is 3.48. The van der Waals surface area contributed by atoms with Gasteiger partial charge in [-0.05, 0) is 6.92 Å². The van der Waals surface area contributed by atoms with E-state index in [1.165, 1.54) is 11.9 Å². The molecule has 2 rings (SSSR count). The van der Waals surface area contributed by atoms with E-state index in [4.69, 9.17) is 4.74 Å². The average molecular weight is 296 g/mol. The van der Waals surface area contributed by atoms with Gasteiger partial charge in [-0.2, -0.15) is 13.2 Å². The van der Waals surface area contributed by atoms with Gasteiger partial charge >= 0.3 is 11.9 Å². The zero-order chi connectivity index (χ0) is 15.2. The van der Waals surface area contributed by atoms with E-state index in [0.717, 1.165) is 0 Å². The van der Waals surface area contributed by atoms with Crippen LogP contribution < -0.4 is 11.2 Å². The quantitative estimate of drug-likeness (QED) is 0.629. The molecule has 0 unspecified atom stereocenters. The number of aliphatic hydroxyl groups is 2. The van der Waals surface area contributed by atoms with Gasteiger partial charge in [0.15, 0.2) is 6.23 Å². The van der Waals surface area contributed by atoms with Crippen molar-refractivity contribution in [2.45, 2.75) is 37.6 Å². The SMILES string of the molecule is C[C@H]1O[C@@H](n2cc(C(F)(F)F)c(=O)[nH]c2=O)[C@H](O)[C@@H]1O. The summed E-state index contributed by atoms with van der Waals surface area (Å²) in [5.74, 6) is 0. The summed E-state index contributed by atoms with van der Waals surface area (Å²) in [6.07, 6.45) is -10.0. The molecule has 1 fully saturated rings. The lowest BCUT2D eigenvalue weighted by Gasteiger charge is -2.18. The second-order valence-corrected chi connectivity index (χ2v) is 4.42. The van der Waals surface area contributed by atoms with Crippen LogP contribution in [0.3, 0.4) is 0 Å². The van der Waals surface area contributed by atoms with Gasteiger partial charge in [0, 0.05) is 6.20 Å². The van der Waals surface area contributed by atoms with Gasteiger partial charge in [0.1, 0.15) is 17.8 Å². The summed E-state index contributed by atoms with van der Waals surface area (Å²) < 4.78 is 43.3. The molecule has 20 heavy (non-hydrogen) atoms. The van der Waals surface area contributed by atoms with Gasteiger partial charge in [0.2, 0.25) is 0 Å². The van der Waals surface area contributed by atoms with Crippen LogP contribution in [0, 0.1) is 0 Å². The summed E-state index contributed by atoms with van der Waals surface area (Å²) in [6, 6.07) is 0. The number of nitrogens with one attached hydrogen (secondary N) is 1. The molecule has 0 aromatic carbocycles. The number of aromatic nitrogens is 2. The lowest BCUT2D eigenvalue weighted by atomic mass is 10.1. The fourth-order valence-electron chi connectivity index (χ4n) is 1.93. The topological polar surface area (TPSA) is 105 Å². The Hall–Kier alpha value is -1.65. The minimum Gasteiger partial charge on any atom is -0.388 e. The minimum atomic E-state index is -4.96. The van der Waals surface area contributed by atoms with E-state index in [1.54, 1.807) is 0 Å². The molecule has 0 radical (unpaired) electrons. The number of aliphatic hydroxyl groups excluding tert-OH is 2. The first kappa shape index (κ1) is 14.8. The van der Waals surface area contributed by atoms with E-state index in [2.05, 4.69) is 0 Å². The molecule has 2 heterocycles. The fraction of sp³-hybridized carbons (Fsp3) is 0.600. The van der Waals surface area contributed by atoms with Crippen molar-refractivity contribution in [2.24, 2.45) is 0 Å². The highest BCUT2D eigenvalue weighted by Gasteiger charge is 2.43. The second-order valence-electron chi connectivity index (χ2n) is 4.42. The monoisotopic (exact) mass is 296 g/mol. The smallest absolute Gasteiger partial charge is 0.388 e. The molecule has 4 atom stereocenters. The third-order valence-corrected chi connectivity index (χ3v) is 3.02. The average Bonchev–Trinajstić information content (AvgIpc) is 2.55. The molecule has 0 bridgehead atoms. The van der Waals surface area contributed by atoms with Crippen molar-refractivity contribution < 1.29 is 28.1 Å². The van der Waals surface area contributed by atoms with Crippen molar-refractivity contribution in [3.8, 4) is 0 Å². The molecule has 3 N–H and O–H groups in total. The van der Waals surface area contributed by atoms with Crippen molar-refractivity contribution in [3.05, 3.63) is 32.6 Å². The standard InChI is InChI=1S/C10H11F3N2O5/c1-3-5(16)6(17)8(20-3)15-2-4(10(11,12)13)7(18)14-9(15)19/h2-3,5-6,8,16-17H,1H3,(H,14,18,19)/t3-,5-,6-,8-/m1/s1. The number of ether oxygens (including phenoxy) is 1. The summed E-state index contributed by atoms with van der Waals surface area (Å²) in [4.78, 5) is 24.2. The van der Waals surface area contributed by atoms with E-state index in [9.17, 15) is 33.0 Å². The molecule has 0 amide bonds. The third kappa shape index (κ3) is 2.37. The molecule has 112 valence electrons. The van der Waals surface area contributed by atoms with Crippen LogP contribution in [0.4, 0.5) is 13.2 Å². The molecule has 1 saturated heterocycles. The first-order valence-electron chi connectivity index (χ1n) is 5.57. The fourth-order valence-corrected chi connectivity index (χ4v) is 1.93. The summed E-state index contributed by atoms with van der Waals surface area (Å²) in [7, 11) is 0. The van der Waals surface area contributed by atoms with Crippen molar-refractivity contribution in [3.63, 3.8) is 0 Å². The van der Waals surface area contributed by atoms with Gasteiger partial charge in [-0.15, -0.1) is 0 Å². The summed E-state index contributed by atoms with van der Waals surface area (Å²) >= 11 is 0. The van der Waals surface area contributed by atoms with Crippen molar-refractivity contribution in [1.82, 2.24) is 9.55 Å². The van der Waals surface area contributed by atoms with Crippen LogP contribution in [0.25, 0.3) is 0 Å². The van der Waals surface area contributed by atoms with E-state index < -0.39 is 47.5 Å². The Balaban J connectivity index is 2.54. The number of H-pyrrole nitrogens is 1. The van der Waals surface area contributed by atoms with Crippen LogP contribution in [0.1, 0.15) is 18.7 Å². The molecular formula is C10H11F3N2O5. The van der Waals surface area contributed by atoms with Gasteiger partial charge in [0.25, 0.3) is 5.56 Å². The molecular weight excluding hydrogens is 285 g/mol. The van der Waals surface area contributed by atoms with E-state index in [1.807, 2.05) is 0 Å².